The zero-order valence-electron chi connectivity index (χ0n) is 12.2. The number of furan rings is 1. The van der Waals surface area contributed by atoms with E-state index in [1.807, 2.05) is 12.1 Å². The Hall–Kier alpha value is -1.73. The van der Waals surface area contributed by atoms with E-state index < -0.39 is 0 Å². The number of nitrogens with zero attached hydrogens (tertiary/aromatic N) is 2. The van der Waals surface area contributed by atoms with Gasteiger partial charge >= 0.3 is 0 Å². The molecular formula is C15H18N4O2S. The monoisotopic (exact) mass is 318 g/mol. The van der Waals surface area contributed by atoms with Crippen molar-refractivity contribution in [2.45, 2.75) is 25.7 Å². The first-order valence-corrected chi connectivity index (χ1v) is 8.49. The van der Waals surface area contributed by atoms with Crippen LogP contribution in [-0.2, 0) is 4.79 Å². The van der Waals surface area contributed by atoms with Crippen LogP contribution in [0.4, 0.5) is 5.13 Å². The topological polar surface area (TPSA) is 80.1 Å². The summed E-state index contributed by atoms with van der Waals surface area (Å²) in [4.78, 5) is 12.8. The molecular weight excluding hydrogens is 300 g/mol. The molecule has 0 aromatic carbocycles. The van der Waals surface area contributed by atoms with Gasteiger partial charge in [0.2, 0.25) is 11.0 Å². The molecule has 0 spiro atoms. The third kappa shape index (κ3) is 2.24. The van der Waals surface area contributed by atoms with Crippen LogP contribution in [0, 0.1) is 11.3 Å². The summed E-state index contributed by atoms with van der Waals surface area (Å²) in [7, 11) is 0. The first-order valence-electron chi connectivity index (χ1n) is 7.67. The van der Waals surface area contributed by atoms with E-state index in [-0.39, 0.29) is 11.3 Å². The molecule has 4 rings (SSSR count). The Bertz CT molecular complexity index is 669. The maximum absolute atomic E-state index is 12.8. The smallest absolute Gasteiger partial charge is 0.234 e. The summed E-state index contributed by atoms with van der Waals surface area (Å²) in [6, 6.07) is 3.65. The van der Waals surface area contributed by atoms with Gasteiger partial charge in [0, 0.05) is 6.54 Å². The zero-order valence-corrected chi connectivity index (χ0v) is 13.0. The SMILES string of the molecule is O=C(Nc1nnc(-c2ccco2)s1)[C@@]12CCCC[C@H]1CNC2. The lowest BCUT2D eigenvalue weighted by molar-refractivity contribution is -0.128. The molecule has 2 aromatic rings. The molecule has 1 saturated heterocycles. The normalized spacial score (nSPS) is 27.5. The number of hydrogen-bond donors (Lipinski definition) is 2. The lowest BCUT2D eigenvalue weighted by atomic mass is 9.68. The van der Waals surface area contributed by atoms with Crippen molar-refractivity contribution in [2.24, 2.45) is 11.3 Å². The molecule has 2 aliphatic rings. The number of carbonyl (C=O) groups excluding carboxylic acids is 1. The Morgan fingerprint density at radius 3 is 3.27 bits per heavy atom. The van der Waals surface area contributed by atoms with E-state index >= 15 is 0 Å². The summed E-state index contributed by atoms with van der Waals surface area (Å²) in [5.74, 6) is 1.21. The summed E-state index contributed by atoms with van der Waals surface area (Å²) >= 11 is 1.35. The van der Waals surface area contributed by atoms with Crippen molar-refractivity contribution >= 4 is 22.4 Å². The van der Waals surface area contributed by atoms with E-state index in [0.717, 1.165) is 32.4 Å². The Morgan fingerprint density at radius 1 is 1.45 bits per heavy atom. The van der Waals surface area contributed by atoms with Crippen LogP contribution in [0.5, 0.6) is 0 Å². The van der Waals surface area contributed by atoms with Gasteiger partial charge in [0.05, 0.1) is 11.7 Å². The second kappa shape index (κ2) is 5.48. The molecule has 1 aliphatic carbocycles. The van der Waals surface area contributed by atoms with Crippen LogP contribution >= 0.6 is 11.3 Å². The van der Waals surface area contributed by atoms with Crippen LogP contribution in [0.15, 0.2) is 22.8 Å². The molecule has 2 N–H and O–H groups in total. The van der Waals surface area contributed by atoms with Gasteiger partial charge in [0.1, 0.15) is 0 Å². The number of fused-ring (bicyclic) bond motifs is 1. The molecule has 0 unspecified atom stereocenters. The fourth-order valence-electron chi connectivity index (χ4n) is 3.69. The quantitative estimate of drug-likeness (QED) is 0.909. The van der Waals surface area contributed by atoms with Crippen LogP contribution < -0.4 is 10.6 Å². The standard InChI is InChI=1S/C15H18N4O2S/c20-13(15-6-2-1-4-10(15)8-16-9-15)17-14-19-18-12(22-14)11-5-3-7-21-11/h3,5,7,10,16H,1-2,4,6,8-9H2,(H,17,19,20)/t10-,15+/m0/s1. The van der Waals surface area contributed by atoms with Gasteiger partial charge in [-0.05, 0) is 37.4 Å². The number of amides is 1. The van der Waals surface area contributed by atoms with Gasteiger partial charge in [0.15, 0.2) is 10.8 Å². The van der Waals surface area contributed by atoms with Crippen molar-refractivity contribution in [1.29, 1.82) is 0 Å². The number of rotatable bonds is 3. The van der Waals surface area contributed by atoms with E-state index in [2.05, 4.69) is 20.8 Å². The van der Waals surface area contributed by atoms with E-state index in [1.165, 1.54) is 17.8 Å². The lowest BCUT2D eigenvalue weighted by Gasteiger charge is -2.36. The average Bonchev–Trinajstić information content (AvgIpc) is 3.27. The van der Waals surface area contributed by atoms with Gasteiger partial charge in [0.25, 0.3) is 0 Å². The highest BCUT2D eigenvalue weighted by Crippen LogP contribution is 2.44. The number of hydrogen-bond acceptors (Lipinski definition) is 6. The lowest BCUT2D eigenvalue weighted by Crippen LogP contribution is -2.44. The van der Waals surface area contributed by atoms with Crippen LogP contribution in [0.25, 0.3) is 10.8 Å². The van der Waals surface area contributed by atoms with E-state index in [4.69, 9.17) is 4.42 Å². The van der Waals surface area contributed by atoms with Crippen molar-refractivity contribution in [3.8, 4) is 10.8 Å². The molecule has 22 heavy (non-hydrogen) atoms. The Kier molecular flexibility index (Phi) is 3.46. The minimum absolute atomic E-state index is 0.0874. The minimum Gasteiger partial charge on any atom is -0.462 e. The van der Waals surface area contributed by atoms with Crippen LogP contribution in [0.3, 0.4) is 0 Å². The van der Waals surface area contributed by atoms with Crippen molar-refractivity contribution in [2.75, 3.05) is 18.4 Å². The molecule has 7 heteroatoms. The van der Waals surface area contributed by atoms with Gasteiger partial charge in [-0.1, -0.05) is 24.2 Å². The highest BCUT2D eigenvalue weighted by atomic mass is 32.1. The number of carbonyl (C=O) groups is 1. The van der Waals surface area contributed by atoms with Crippen molar-refractivity contribution in [1.82, 2.24) is 15.5 Å². The molecule has 2 atom stereocenters. The second-order valence-corrected chi connectivity index (χ2v) is 7.05. The molecule has 1 saturated carbocycles. The number of nitrogens with one attached hydrogen (secondary N) is 2. The van der Waals surface area contributed by atoms with Gasteiger partial charge in [-0.3, -0.25) is 10.1 Å². The third-order valence-electron chi connectivity index (χ3n) is 4.87. The fraction of sp³-hybridized carbons (Fsp3) is 0.533. The summed E-state index contributed by atoms with van der Waals surface area (Å²) in [5, 5.41) is 15.8. The maximum Gasteiger partial charge on any atom is 0.234 e. The molecule has 0 bridgehead atoms. The summed E-state index contributed by atoms with van der Waals surface area (Å²) in [6.45, 7) is 1.72. The molecule has 1 aliphatic heterocycles. The second-order valence-electron chi connectivity index (χ2n) is 6.07. The van der Waals surface area contributed by atoms with Gasteiger partial charge in [-0.25, -0.2) is 0 Å². The molecule has 2 fully saturated rings. The van der Waals surface area contributed by atoms with Crippen LogP contribution in [0.1, 0.15) is 25.7 Å². The predicted octanol–water partition coefficient (Wildman–Crippen LogP) is 2.52. The summed E-state index contributed by atoms with van der Waals surface area (Å²) < 4.78 is 5.31. The zero-order chi connectivity index (χ0) is 15.0. The molecule has 3 heterocycles. The summed E-state index contributed by atoms with van der Waals surface area (Å²) in [6.07, 6.45) is 6.04. The van der Waals surface area contributed by atoms with Crippen LogP contribution in [-0.4, -0.2) is 29.2 Å². The van der Waals surface area contributed by atoms with E-state index in [0.29, 0.717) is 21.8 Å². The number of anilines is 1. The Balaban J connectivity index is 1.52. The molecule has 1 amide bonds. The van der Waals surface area contributed by atoms with Crippen molar-refractivity contribution in [3.05, 3.63) is 18.4 Å². The molecule has 6 nitrogen and oxygen atoms in total. The van der Waals surface area contributed by atoms with Gasteiger partial charge in [-0.15, -0.1) is 10.2 Å². The molecule has 0 radical (unpaired) electrons. The predicted molar refractivity (Wildman–Crippen MR) is 83.5 cm³/mol. The third-order valence-corrected chi connectivity index (χ3v) is 5.72. The largest absolute Gasteiger partial charge is 0.462 e. The van der Waals surface area contributed by atoms with Gasteiger partial charge in [-0.2, -0.15) is 0 Å². The minimum atomic E-state index is -0.269. The fourth-order valence-corrected chi connectivity index (χ4v) is 4.39. The van der Waals surface area contributed by atoms with Gasteiger partial charge < -0.3 is 9.73 Å². The highest BCUT2D eigenvalue weighted by molar-refractivity contribution is 7.18. The first kappa shape index (κ1) is 13.9. The van der Waals surface area contributed by atoms with E-state index in [1.54, 1.807) is 6.26 Å². The number of aromatic nitrogens is 2. The molecule has 116 valence electrons. The highest BCUT2D eigenvalue weighted by Gasteiger charge is 2.50. The average molecular weight is 318 g/mol. The maximum atomic E-state index is 12.8. The van der Waals surface area contributed by atoms with Crippen LogP contribution in [0.2, 0.25) is 0 Å². The van der Waals surface area contributed by atoms with Crippen molar-refractivity contribution in [3.63, 3.8) is 0 Å². The summed E-state index contributed by atoms with van der Waals surface area (Å²) in [5.41, 5.74) is -0.269. The Labute approximate surface area is 132 Å². The Morgan fingerprint density at radius 2 is 2.41 bits per heavy atom. The van der Waals surface area contributed by atoms with Crippen molar-refractivity contribution < 1.29 is 9.21 Å². The van der Waals surface area contributed by atoms with E-state index in [9.17, 15) is 4.79 Å². The molecule has 2 aromatic heterocycles. The first-order chi connectivity index (χ1) is 10.8.